The maximum atomic E-state index is 12.0. The molecule has 0 aliphatic carbocycles. The van der Waals surface area contributed by atoms with Crippen molar-refractivity contribution in [2.75, 3.05) is 6.54 Å². The van der Waals surface area contributed by atoms with E-state index < -0.39 is 11.9 Å². The lowest BCUT2D eigenvalue weighted by Crippen LogP contribution is -2.35. The largest absolute Gasteiger partial charge is 0.508 e. The molecule has 5 nitrogen and oxygen atoms in total. The van der Waals surface area contributed by atoms with Crippen molar-refractivity contribution in [3.63, 3.8) is 0 Å². The van der Waals surface area contributed by atoms with Gasteiger partial charge in [0.25, 0.3) is 5.91 Å². The summed E-state index contributed by atoms with van der Waals surface area (Å²) in [6, 6.07) is 4.63. The van der Waals surface area contributed by atoms with Crippen LogP contribution in [0.5, 0.6) is 5.75 Å². The molecular formula is C16H23NO4. The number of hydrogen-bond donors (Lipinski definition) is 3. The maximum Gasteiger partial charge on any atom is 0.308 e. The molecule has 116 valence electrons. The van der Waals surface area contributed by atoms with Crippen molar-refractivity contribution >= 4 is 11.9 Å². The third-order valence-electron chi connectivity index (χ3n) is 3.19. The molecule has 0 bridgehead atoms. The summed E-state index contributed by atoms with van der Waals surface area (Å²) >= 11 is 0. The van der Waals surface area contributed by atoms with Crippen molar-refractivity contribution in [2.45, 2.75) is 34.1 Å². The summed E-state index contributed by atoms with van der Waals surface area (Å²) in [5.74, 6) is -1.89. The van der Waals surface area contributed by atoms with Gasteiger partial charge in [-0.15, -0.1) is 0 Å². The zero-order chi connectivity index (χ0) is 16.2. The van der Waals surface area contributed by atoms with E-state index in [1.54, 1.807) is 19.1 Å². The topological polar surface area (TPSA) is 86.6 Å². The third kappa shape index (κ3) is 5.45. The van der Waals surface area contributed by atoms with Crippen LogP contribution in [0.25, 0.3) is 0 Å². The van der Waals surface area contributed by atoms with E-state index in [1.807, 2.05) is 20.8 Å². The second kappa shape index (κ2) is 6.61. The molecule has 0 aromatic heterocycles. The Morgan fingerprint density at radius 3 is 2.38 bits per heavy atom. The van der Waals surface area contributed by atoms with E-state index in [4.69, 9.17) is 0 Å². The van der Waals surface area contributed by atoms with E-state index in [0.29, 0.717) is 17.5 Å². The second-order valence-corrected chi connectivity index (χ2v) is 6.51. The van der Waals surface area contributed by atoms with Crippen LogP contribution >= 0.6 is 0 Å². The van der Waals surface area contributed by atoms with E-state index in [9.17, 15) is 19.8 Å². The minimum atomic E-state index is -0.919. The van der Waals surface area contributed by atoms with Gasteiger partial charge in [0.05, 0.1) is 5.92 Å². The molecule has 1 rings (SSSR count). The summed E-state index contributed by atoms with van der Waals surface area (Å²) in [6.45, 7) is 7.69. The Balaban J connectivity index is 2.69. The van der Waals surface area contributed by atoms with Crippen molar-refractivity contribution < 1.29 is 19.8 Å². The molecule has 1 unspecified atom stereocenters. The number of carbonyl (C=O) groups excluding carboxylic acids is 1. The molecule has 0 radical (unpaired) electrons. The molecule has 0 spiro atoms. The van der Waals surface area contributed by atoms with E-state index >= 15 is 0 Å². The lowest BCUT2D eigenvalue weighted by atomic mass is 9.84. The Kier molecular flexibility index (Phi) is 5.35. The quantitative estimate of drug-likeness (QED) is 0.778. The van der Waals surface area contributed by atoms with E-state index in [1.165, 1.54) is 6.07 Å². The van der Waals surface area contributed by atoms with Crippen molar-refractivity contribution in [1.29, 1.82) is 0 Å². The van der Waals surface area contributed by atoms with Crippen LogP contribution < -0.4 is 5.32 Å². The fourth-order valence-electron chi connectivity index (χ4n) is 2.05. The lowest BCUT2D eigenvalue weighted by Gasteiger charge is -2.23. The number of nitrogens with one attached hydrogen (secondary N) is 1. The Morgan fingerprint density at radius 1 is 1.29 bits per heavy atom. The predicted octanol–water partition coefficient (Wildman–Crippen LogP) is 2.57. The number of carboxylic acid groups (broad SMARTS) is 1. The highest BCUT2D eigenvalue weighted by Gasteiger charge is 2.25. The molecule has 3 N–H and O–H groups in total. The number of phenols is 1. The number of carbonyl (C=O) groups is 2. The van der Waals surface area contributed by atoms with Crippen LogP contribution in [0.4, 0.5) is 0 Å². The van der Waals surface area contributed by atoms with Gasteiger partial charge in [0.2, 0.25) is 0 Å². The molecule has 0 saturated heterocycles. The normalized spacial score (nSPS) is 12.8. The standard InChI is InChI=1S/C16H23NO4/c1-10-5-6-11(7-13(10)18)14(19)17-9-12(15(20)21)8-16(2,3)4/h5-7,12,18H,8-9H2,1-4H3,(H,17,19)(H,20,21). The second-order valence-electron chi connectivity index (χ2n) is 6.51. The molecule has 5 heteroatoms. The number of phenolic OH excluding ortho intramolecular Hbond substituents is 1. The van der Waals surface area contributed by atoms with Crippen LogP contribution in [0.2, 0.25) is 0 Å². The van der Waals surface area contributed by atoms with Crippen molar-refractivity contribution in [1.82, 2.24) is 5.32 Å². The molecule has 1 amide bonds. The maximum absolute atomic E-state index is 12.0. The number of carboxylic acids is 1. The first kappa shape index (κ1) is 17.0. The van der Waals surface area contributed by atoms with Gasteiger partial charge in [-0.05, 0) is 36.5 Å². The Bertz CT molecular complexity index is 532. The molecule has 1 aromatic carbocycles. The first-order chi connectivity index (χ1) is 9.60. The summed E-state index contributed by atoms with van der Waals surface area (Å²) in [5.41, 5.74) is 0.872. The van der Waals surface area contributed by atoms with Crippen LogP contribution in [0.3, 0.4) is 0 Å². The summed E-state index contributed by atoms with van der Waals surface area (Å²) in [6.07, 6.45) is 0.474. The Labute approximate surface area is 125 Å². The smallest absolute Gasteiger partial charge is 0.308 e. The number of rotatable bonds is 5. The fraction of sp³-hybridized carbons (Fsp3) is 0.500. The van der Waals surface area contributed by atoms with Gasteiger partial charge in [0, 0.05) is 12.1 Å². The van der Waals surface area contributed by atoms with Gasteiger partial charge in [-0.25, -0.2) is 0 Å². The zero-order valence-electron chi connectivity index (χ0n) is 12.9. The SMILES string of the molecule is Cc1ccc(C(=O)NCC(CC(C)(C)C)C(=O)O)cc1O. The van der Waals surface area contributed by atoms with E-state index in [0.717, 1.165) is 0 Å². The monoisotopic (exact) mass is 293 g/mol. The molecule has 0 aliphatic rings. The van der Waals surface area contributed by atoms with Crippen LogP contribution in [-0.4, -0.2) is 28.6 Å². The fourth-order valence-corrected chi connectivity index (χ4v) is 2.05. The number of amides is 1. The zero-order valence-corrected chi connectivity index (χ0v) is 12.9. The number of benzene rings is 1. The van der Waals surface area contributed by atoms with Crippen LogP contribution in [0.15, 0.2) is 18.2 Å². The molecule has 0 heterocycles. The summed E-state index contributed by atoms with van der Waals surface area (Å²) in [5, 5.41) is 21.4. The highest BCUT2D eigenvalue weighted by atomic mass is 16.4. The van der Waals surface area contributed by atoms with Gasteiger partial charge in [-0.1, -0.05) is 26.8 Å². The molecule has 1 aromatic rings. The van der Waals surface area contributed by atoms with E-state index in [-0.39, 0.29) is 23.6 Å². The molecular weight excluding hydrogens is 270 g/mol. The van der Waals surface area contributed by atoms with E-state index in [2.05, 4.69) is 5.32 Å². The first-order valence-electron chi connectivity index (χ1n) is 6.91. The Hall–Kier alpha value is -2.04. The van der Waals surface area contributed by atoms with Gasteiger partial charge in [0.15, 0.2) is 0 Å². The van der Waals surface area contributed by atoms with Gasteiger partial charge in [0.1, 0.15) is 5.75 Å². The first-order valence-corrected chi connectivity index (χ1v) is 6.91. The van der Waals surface area contributed by atoms with Gasteiger partial charge >= 0.3 is 5.97 Å². The van der Waals surface area contributed by atoms with Gasteiger partial charge in [-0.3, -0.25) is 9.59 Å². The summed E-state index contributed by atoms with van der Waals surface area (Å²) < 4.78 is 0. The number of aryl methyl sites for hydroxylation is 1. The van der Waals surface area contributed by atoms with Gasteiger partial charge in [-0.2, -0.15) is 0 Å². The lowest BCUT2D eigenvalue weighted by molar-refractivity contribution is -0.142. The number of aromatic hydroxyl groups is 1. The predicted molar refractivity (Wildman–Crippen MR) is 80.4 cm³/mol. The average Bonchev–Trinajstić information content (AvgIpc) is 2.35. The highest BCUT2D eigenvalue weighted by molar-refractivity contribution is 5.94. The van der Waals surface area contributed by atoms with Crippen LogP contribution in [-0.2, 0) is 4.79 Å². The molecule has 0 saturated carbocycles. The molecule has 21 heavy (non-hydrogen) atoms. The number of hydrogen-bond acceptors (Lipinski definition) is 3. The highest BCUT2D eigenvalue weighted by Crippen LogP contribution is 2.24. The molecule has 1 atom stereocenters. The van der Waals surface area contributed by atoms with Crippen molar-refractivity contribution in [3.05, 3.63) is 29.3 Å². The minimum Gasteiger partial charge on any atom is -0.508 e. The summed E-state index contributed by atoms with van der Waals surface area (Å²) in [7, 11) is 0. The van der Waals surface area contributed by atoms with Gasteiger partial charge < -0.3 is 15.5 Å². The van der Waals surface area contributed by atoms with Crippen LogP contribution in [0.1, 0.15) is 43.1 Å². The number of aliphatic carboxylic acids is 1. The Morgan fingerprint density at radius 2 is 1.90 bits per heavy atom. The third-order valence-corrected chi connectivity index (χ3v) is 3.19. The van der Waals surface area contributed by atoms with Crippen molar-refractivity contribution in [3.8, 4) is 5.75 Å². The molecule has 0 fully saturated rings. The average molecular weight is 293 g/mol. The summed E-state index contributed by atoms with van der Waals surface area (Å²) in [4.78, 5) is 23.2. The van der Waals surface area contributed by atoms with Crippen LogP contribution in [0, 0.1) is 18.3 Å². The molecule has 0 aliphatic heterocycles. The van der Waals surface area contributed by atoms with Crippen molar-refractivity contribution in [2.24, 2.45) is 11.3 Å². The minimum absolute atomic E-state index is 0.0483.